The molecule has 0 saturated heterocycles. The van der Waals surface area contributed by atoms with Gasteiger partial charge >= 0.3 is 5.97 Å². The smallest absolute Gasteiger partial charge is 0.322 e. The van der Waals surface area contributed by atoms with Crippen molar-refractivity contribution in [2.75, 3.05) is 6.54 Å². The van der Waals surface area contributed by atoms with Gasteiger partial charge in [0, 0.05) is 6.42 Å². The highest BCUT2D eigenvalue weighted by molar-refractivity contribution is 6.66. The third-order valence-corrected chi connectivity index (χ3v) is 3.76. The van der Waals surface area contributed by atoms with Gasteiger partial charge in [-0.05, 0) is 29.3 Å². The van der Waals surface area contributed by atoms with Gasteiger partial charge in [0.1, 0.15) is 18.9 Å². The van der Waals surface area contributed by atoms with E-state index in [2.05, 4.69) is 10.3 Å². The Hall–Kier alpha value is -3.48. The molecule has 0 saturated carbocycles. The molecule has 0 fully saturated rings. The Morgan fingerprint density at radius 1 is 1.15 bits per heavy atom. The van der Waals surface area contributed by atoms with Crippen molar-refractivity contribution >= 4 is 29.1 Å². The van der Waals surface area contributed by atoms with Crippen LogP contribution in [0.25, 0.3) is 0 Å². The second-order valence-electron chi connectivity index (χ2n) is 5.70. The number of hydrogen-bond acceptors (Lipinski definition) is 5. The number of aliphatic carboxylic acids is 1. The fourth-order valence-corrected chi connectivity index (χ4v) is 2.50. The van der Waals surface area contributed by atoms with E-state index >= 15 is 0 Å². The summed E-state index contributed by atoms with van der Waals surface area (Å²) in [4.78, 5) is 38.6. The van der Waals surface area contributed by atoms with Crippen molar-refractivity contribution in [1.82, 2.24) is 5.32 Å². The summed E-state index contributed by atoms with van der Waals surface area (Å²) >= 11 is 0. The van der Waals surface area contributed by atoms with Crippen molar-refractivity contribution in [1.29, 1.82) is 0 Å². The maximum Gasteiger partial charge on any atom is 0.322 e. The Kier molecular flexibility index (Phi) is 5.07. The molecule has 0 aromatic heterocycles. The van der Waals surface area contributed by atoms with E-state index in [9.17, 15) is 14.4 Å². The summed E-state index contributed by atoms with van der Waals surface area (Å²) in [7, 11) is 0. The Balaban J connectivity index is 1.73. The lowest BCUT2D eigenvalue weighted by atomic mass is 9.99. The van der Waals surface area contributed by atoms with Crippen LogP contribution in [-0.4, -0.2) is 35.0 Å². The van der Waals surface area contributed by atoms with Gasteiger partial charge in [0.15, 0.2) is 11.5 Å². The second-order valence-corrected chi connectivity index (χ2v) is 5.70. The average molecular weight is 352 g/mol. The molecule has 7 nitrogen and oxygen atoms in total. The van der Waals surface area contributed by atoms with E-state index in [4.69, 9.17) is 9.84 Å². The van der Waals surface area contributed by atoms with Crippen LogP contribution in [0, 0.1) is 0 Å². The largest absolute Gasteiger partial charge is 0.489 e. The fourth-order valence-electron chi connectivity index (χ4n) is 2.50. The van der Waals surface area contributed by atoms with E-state index in [1.54, 1.807) is 18.2 Å². The zero-order chi connectivity index (χ0) is 18.5. The van der Waals surface area contributed by atoms with Gasteiger partial charge in [0.25, 0.3) is 5.91 Å². The molecule has 0 unspecified atom stereocenters. The van der Waals surface area contributed by atoms with Crippen LogP contribution in [0.4, 0.5) is 5.69 Å². The van der Waals surface area contributed by atoms with Gasteiger partial charge in [-0.15, -0.1) is 0 Å². The lowest BCUT2D eigenvalue weighted by Crippen LogP contribution is -2.40. The van der Waals surface area contributed by atoms with Crippen LogP contribution >= 0.6 is 0 Å². The predicted octanol–water partition coefficient (Wildman–Crippen LogP) is 1.66. The number of carboxylic acids is 1. The maximum absolute atomic E-state index is 12.2. The highest BCUT2D eigenvalue weighted by atomic mass is 16.5. The highest BCUT2D eigenvalue weighted by Gasteiger charge is 2.26. The first kappa shape index (κ1) is 17.3. The molecule has 0 atom stereocenters. The standard InChI is InChI=1S/C19H16N2O5/c22-16-9-13-8-14(26-11-12-4-2-1-3-5-12)6-7-15(13)21-18(16)19(25)20-10-17(23)24/h1-8H,9-11H2,(H,20,25)(H,23,24). The van der Waals surface area contributed by atoms with Crippen molar-refractivity contribution in [3.8, 4) is 5.75 Å². The summed E-state index contributed by atoms with van der Waals surface area (Å²) < 4.78 is 5.73. The van der Waals surface area contributed by atoms with E-state index in [-0.39, 0.29) is 12.1 Å². The Morgan fingerprint density at radius 3 is 2.65 bits per heavy atom. The van der Waals surface area contributed by atoms with Crippen LogP contribution in [0.1, 0.15) is 11.1 Å². The molecule has 0 bridgehead atoms. The minimum atomic E-state index is -1.19. The molecule has 3 rings (SSSR count). The van der Waals surface area contributed by atoms with Crippen molar-refractivity contribution < 1.29 is 24.2 Å². The topological polar surface area (TPSA) is 105 Å². The molecule has 2 N–H and O–H groups in total. The summed E-state index contributed by atoms with van der Waals surface area (Å²) in [5, 5.41) is 10.7. The van der Waals surface area contributed by atoms with Gasteiger partial charge in [-0.2, -0.15) is 0 Å². The van der Waals surface area contributed by atoms with E-state index in [0.29, 0.717) is 23.6 Å². The zero-order valence-corrected chi connectivity index (χ0v) is 13.8. The van der Waals surface area contributed by atoms with Gasteiger partial charge in [-0.3, -0.25) is 14.4 Å². The van der Waals surface area contributed by atoms with Crippen molar-refractivity contribution in [3.05, 3.63) is 59.7 Å². The number of carbonyl (C=O) groups is 3. The molecule has 26 heavy (non-hydrogen) atoms. The molecule has 1 aliphatic rings. The minimum absolute atomic E-state index is 0.0111. The number of ether oxygens (including phenoxy) is 1. The molecule has 7 heteroatoms. The van der Waals surface area contributed by atoms with Crippen molar-refractivity contribution in [2.45, 2.75) is 13.0 Å². The molecule has 0 radical (unpaired) electrons. The van der Waals surface area contributed by atoms with Crippen LogP contribution in [-0.2, 0) is 27.4 Å². The summed E-state index contributed by atoms with van der Waals surface area (Å²) in [6.07, 6.45) is 0.0111. The van der Waals surface area contributed by atoms with Gasteiger partial charge in [-0.25, -0.2) is 4.99 Å². The van der Waals surface area contributed by atoms with Crippen LogP contribution < -0.4 is 10.1 Å². The van der Waals surface area contributed by atoms with Gasteiger partial charge in [0.2, 0.25) is 0 Å². The third-order valence-electron chi connectivity index (χ3n) is 3.76. The molecule has 2 aromatic carbocycles. The normalized spacial score (nSPS) is 12.8. The molecule has 132 valence electrons. The summed E-state index contributed by atoms with van der Waals surface area (Å²) in [5.41, 5.74) is 1.90. The quantitative estimate of drug-likeness (QED) is 0.823. The number of amides is 1. The average Bonchev–Trinajstić information content (AvgIpc) is 2.64. The molecule has 0 spiro atoms. The number of fused-ring (bicyclic) bond motifs is 1. The number of hydrogen-bond donors (Lipinski definition) is 2. The number of nitrogens with zero attached hydrogens (tertiary/aromatic N) is 1. The third kappa shape index (κ3) is 4.13. The molecule has 1 heterocycles. The Labute approximate surface area is 149 Å². The minimum Gasteiger partial charge on any atom is -0.489 e. The first-order chi connectivity index (χ1) is 12.5. The zero-order valence-electron chi connectivity index (χ0n) is 13.8. The van der Waals surface area contributed by atoms with Crippen LogP contribution in [0.5, 0.6) is 5.75 Å². The predicted molar refractivity (Wildman–Crippen MR) is 93.7 cm³/mol. The lowest BCUT2D eigenvalue weighted by Gasteiger charge is -2.15. The number of benzene rings is 2. The fraction of sp³-hybridized carbons (Fsp3) is 0.158. The van der Waals surface area contributed by atoms with Gasteiger partial charge < -0.3 is 15.2 Å². The number of rotatable bonds is 6. The number of Topliss-reactive ketones (excluding diaryl/α,β-unsaturated/α-hetero) is 1. The van der Waals surface area contributed by atoms with E-state index < -0.39 is 24.2 Å². The van der Waals surface area contributed by atoms with E-state index in [1.807, 2.05) is 30.3 Å². The summed E-state index contributed by atoms with van der Waals surface area (Å²) in [6.45, 7) is -0.163. The Morgan fingerprint density at radius 2 is 1.92 bits per heavy atom. The van der Waals surface area contributed by atoms with Gasteiger partial charge in [0.05, 0.1) is 5.69 Å². The molecule has 1 amide bonds. The Bertz CT molecular complexity index is 890. The molecule has 2 aromatic rings. The number of aliphatic imine (C=N–C) groups is 1. The monoisotopic (exact) mass is 352 g/mol. The van der Waals surface area contributed by atoms with Crippen molar-refractivity contribution in [3.63, 3.8) is 0 Å². The SMILES string of the molecule is O=C(O)CNC(=O)C1=Nc2ccc(OCc3ccccc3)cc2CC1=O. The highest BCUT2D eigenvalue weighted by Crippen LogP contribution is 2.29. The summed E-state index contributed by atoms with van der Waals surface area (Å²) in [5.74, 6) is -1.83. The van der Waals surface area contributed by atoms with Crippen LogP contribution in [0.3, 0.4) is 0 Å². The maximum atomic E-state index is 12.2. The number of nitrogens with one attached hydrogen (secondary N) is 1. The van der Waals surface area contributed by atoms with E-state index in [0.717, 1.165) is 5.56 Å². The number of carbonyl (C=O) groups excluding carboxylic acids is 2. The molecule has 0 aliphatic carbocycles. The van der Waals surface area contributed by atoms with E-state index in [1.165, 1.54) is 0 Å². The molecular weight excluding hydrogens is 336 g/mol. The second kappa shape index (κ2) is 7.60. The molecular formula is C19H16N2O5. The van der Waals surface area contributed by atoms with Crippen LogP contribution in [0.2, 0.25) is 0 Å². The first-order valence-electron chi connectivity index (χ1n) is 7.94. The van der Waals surface area contributed by atoms with Crippen molar-refractivity contribution in [2.24, 2.45) is 4.99 Å². The first-order valence-corrected chi connectivity index (χ1v) is 7.94. The van der Waals surface area contributed by atoms with Gasteiger partial charge in [-0.1, -0.05) is 30.3 Å². The summed E-state index contributed by atoms with van der Waals surface area (Å²) in [6, 6.07) is 14.8. The number of carboxylic acid groups (broad SMARTS) is 1. The van der Waals surface area contributed by atoms with Crippen LogP contribution in [0.15, 0.2) is 53.5 Å². The lowest BCUT2D eigenvalue weighted by molar-refractivity contribution is -0.137. The number of ketones is 1. The molecule has 1 aliphatic heterocycles.